The van der Waals surface area contributed by atoms with Crippen LogP contribution in [0.1, 0.15) is 39.5 Å². The Balaban J connectivity index is 1.91. The first-order valence-corrected chi connectivity index (χ1v) is 12.2. The molecule has 3 aromatic heterocycles. The van der Waals surface area contributed by atoms with E-state index < -0.39 is 5.60 Å². The van der Waals surface area contributed by atoms with Gasteiger partial charge in [-0.05, 0) is 51.5 Å². The van der Waals surface area contributed by atoms with E-state index in [2.05, 4.69) is 25.6 Å². The number of benzene rings is 1. The van der Waals surface area contributed by atoms with Crippen molar-refractivity contribution in [2.75, 3.05) is 14.2 Å². The van der Waals surface area contributed by atoms with Crippen LogP contribution in [0.5, 0.6) is 11.6 Å². The number of aliphatic hydroxyl groups is 1. The van der Waals surface area contributed by atoms with Crippen molar-refractivity contribution in [1.29, 1.82) is 5.53 Å². The third kappa shape index (κ3) is 4.68. The van der Waals surface area contributed by atoms with Gasteiger partial charge in [0.2, 0.25) is 5.75 Å². The van der Waals surface area contributed by atoms with Crippen molar-refractivity contribution < 1.29 is 19.1 Å². The van der Waals surface area contributed by atoms with E-state index in [1.54, 1.807) is 32.2 Å². The van der Waals surface area contributed by atoms with Gasteiger partial charge in [-0.1, -0.05) is 28.9 Å². The number of nitrogens with one attached hydrogen (secondary N) is 2. The predicted octanol–water partition coefficient (Wildman–Crippen LogP) is 5.42. The lowest BCUT2D eigenvalue weighted by atomic mass is 9.82. The van der Waals surface area contributed by atoms with Crippen LogP contribution in [-0.2, 0) is 12.2 Å². The van der Waals surface area contributed by atoms with E-state index in [-0.39, 0.29) is 29.0 Å². The summed E-state index contributed by atoms with van der Waals surface area (Å²) >= 11 is 6.88. The van der Waals surface area contributed by atoms with E-state index in [4.69, 9.17) is 31.1 Å². The molecule has 1 unspecified atom stereocenters. The Bertz CT molecular complexity index is 1530. The quantitative estimate of drug-likeness (QED) is 0.241. The van der Waals surface area contributed by atoms with Gasteiger partial charge in [0.1, 0.15) is 12.4 Å². The molecule has 0 saturated heterocycles. The lowest BCUT2D eigenvalue weighted by Gasteiger charge is -2.32. The summed E-state index contributed by atoms with van der Waals surface area (Å²) in [7, 11) is 3.14. The molecule has 10 nitrogen and oxygen atoms in total. The number of halogens is 1. The number of likely N-dealkylation sites (N-methyl/N-ethyl adjacent to an activating group) is 1. The van der Waals surface area contributed by atoms with E-state index in [0.717, 1.165) is 11.3 Å². The molecule has 1 aromatic carbocycles. The largest absolute Gasteiger partial charge is 0.482 e. The topological polar surface area (TPSA) is 139 Å². The van der Waals surface area contributed by atoms with Gasteiger partial charge in [-0.2, -0.15) is 5.11 Å². The zero-order chi connectivity index (χ0) is 27.6. The molecule has 0 saturated carbocycles. The fourth-order valence-corrected chi connectivity index (χ4v) is 4.74. The minimum atomic E-state index is -1.72. The number of hydrogen-bond donors (Lipinski definition) is 3. The Morgan fingerprint density at radius 2 is 1.95 bits per heavy atom. The van der Waals surface area contributed by atoms with E-state index in [1.165, 1.54) is 13.3 Å². The molecule has 0 amide bonds. The fraction of sp³-hybridized carbons (Fsp3) is 0.296. The second-order valence-electron chi connectivity index (χ2n) is 8.81. The van der Waals surface area contributed by atoms with Gasteiger partial charge in [0.05, 0.1) is 40.8 Å². The molecule has 0 aliphatic heterocycles. The van der Waals surface area contributed by atoms with Crippen LogP contribution in [0.4, 0.5) is 0 Å². The van der Waals surface area contributed by atoms with Gasteiger partial charge >= 0.3 is 0 Å². The lowest BCUT2D eigenvalue weighted by Crippen LogP contribution is -2.36. The Morgan fingerprint density at radius 1 is 1.18 bits per heavy atom. The minimum Gasteiger partial charge on any atom is -0.482 e. The molecule has 38 heavy (non-hydrogen) atoms. The van der Waals surface area contributed by atoms with Crippen molar-refractivity contribution in [2.45, 2.75) is 39.9 Å². The molecule has 198 valence electrons. The van der Waals surface area contributed by atoms with Crippen LogP contribution >= 0.6 is 11.6 Å². The molecule has 0 aliphatic rings. The van der Waals surface area contributed by atoms with Gasteiger partial charge in [0.25, 0.3) is 5.88 Å². The zero-order valence-electron chi connectivity index (χ0n) is 22.0. The number of hydrogen-bond acceptors (Lipinski definition) is 10. The summed E-state index contributed by atoms with van der Waals surface area (Å²) in [4.78, 5) is 9.12. The second-order valence-corrected chi connectivity index (χ2v) is 9.18. The maximum absolute atomic E-state index is 12.3. The van der Waals surface area contributed by atoms with Crippen LogP contribution < -0.4 is 14.8 Å². The van der Waals surface area contributed by atoms with E-state index in [0.29, 0.717) is 39.2 Å². The highest BCUT2D eigenvalue weighted by molar-refractivity contribution is 6.37. The van der Waals surface area contributed by atoms with Crippen LogP contribution in [0, 0.1) is 33.2 Å². The fourth-order valence-electron chi connectivity index (χ4n) is 4.45. The highest BCUT2D eigenvalue weighted by atomic mass is 35.5. The van der Waals surface area contributed by atoms with Gasteiger partial charge < -0.3 is 24.4 Å². The summed E-state index contributed by atoms with van der Waals surface area (Å²) in [6, 6.07) is 8.85. The molecular weight excluding hydrogens is 508 g/mol. The van der Waals surface area contributed by atoms with Gasteiger partial charge in [-0.3, -0.25) is 4.98 Å². The monoisotopic (exact) mass is 536 g/mol. The third-order valence-corrected chi connectivity index (χ3v) is 6.84. The molecule has 4 rings (SSSR count). The lowest BCUT2D eigenvalue weighted by molar-refractivity contribution is 0.112. The number of pyridine rings is 2. The molecule has 3 heterocycles. The van der Waals surface area contributed by atoms with Gasteiger partial charge in [0, 0.05) is 29.4 Å². The third-order valence-electron chi connectivity index (χ3n) is 6.47. The van der Waals surface area contributed by atoms with Crippen LogP contribution in [0.2, 0.25) is 5.02 Å². The normalized spacial score (nSPS) is 13.3. The minimum absolute atomic E-state index is 0.153. The molecule has 0 fully saturated rings. The number of nitrogens with zero attached hydrogens (tertiary/aromatic N) is 4. The average Bonchev–Trinajstić information content (AvgIpc) is 3.22. The average molecular weight is 537 g/mol. The highest BCUT2D eigenvalue weighted by Gasteiger charge is 2.38. The Morgan fingerprint density at radius 3 is 2.55 bits per heavy atom. The van der Waals surface area contributed by atoms with Crippen molar-refractivity contribution in [3.8, 4) is 11.6 Å². The van der Waals surface area contributed by atoms with Crippen LogP contribution in [0.15, 0.2) is 51.9 Å². The highest BCUT2D eigenvalue weighted by Crippen LogP contribution is 2.43. The van der Waals surface area contributed by atoms with Crippen LogP contribution in [0.25, 0.3) is 10.9 Å². The standard InChI is InChI=1S/C27H29ClN6O4/c1-14-7-9-21(16(3)32-14)27(35,23(30-5)12-31-29)18-8-10-22-19(11-18)24(28)25(26(33-22)36-6)37-13-20-15(2)34-38-17(20)4/h7-12,29-30,35H,13H2,1-6H3/b23-12-,31-29?. The predicted molar refractivity (Wildman–Crippen MR) is 143 cm³/mol. The summed E-state index contributed by atoms with van der Waals surface area (Å²) < 4.78 is 16.8. The van der Waals surface area contributed by atoms with E-state index in [9.17, 15) is 5.11 Å². The number of rotatable bonds is 9. The summed E-state index contributed by atoms with van der Waals surface area (Å²) in [6.45, 7) is 7.49. The van der Waals surface area contributed by atoms with Crippen molar-refractivity contribution >= 4 is 22.5 Å². The number of aromatic nitrogens is 3. The molecule has 1 atom stereocenters. The van der Waals surface area contributed by atoms with Crippen molar-refractivity contribution in [2.24, 2.45) is 5.11 Å². The van der Waals surface area contributed by atoms with Crippen molar-refractivity contribution in [3.63, 3.8) is 0 Å². The van der Waals surface area contributed by atoms with Gasteiger partial charge in [-0.25, -0.2) is 10.5 Å². The van der Waals surface area contributed by atoms with Crippen LogP contribution in [0.3, 0.4) is 0 Å². The number of ether oxygens (including phenoxy) is 2. The first kappa shape index (κ1) is 27.0. The molecule has 0 bridgehead atoms. The summed E-state index contributed by atoms with van der Waals surface area (Å²) in [5, 5.41) is 23.4. The number of aryl methyl sites for hydroxylation is 4. The molecule has 0 spiro atoms. The summed E-state index contributed by atoms with van der Waals surface area (Å²) in [5.41, 5.74) is 10.5. The molecule has 11 heteroatoms. The van der Waals surface area contributed by atoms with Gasteiger partial charge in [-0.15, -0.1) is 0 Å². The number of fused-ring (bicyclic) bond motifs is 1. The molecule has 0 radical (unpaired) electrons. The maximum atomic E-state index is 12.3. The van der Waals surface area contributed by atoms with Crippen LogP contribution in [-0.4, -0.2) is 34.4 Å². The second kappa shape index (κ2) is 10.8. The summed E-state index contributed by atoms with van der Waals surface area (Å²) in [6.07, 6.45) is 1.26. The Labute approximate surface area is 225 Å². The molecule has 4 aromatic rings. The molecule has 0 aliphatic carbocycles. The number of methoxy groups -OCH3 is 1. The first-order chi connectivity index (χ1) is 18.1. The Kier molecular flexibility index (Phi) is 7.66. The zero-order valence-corrected chi connectivity index (χ0v) is 22.8. The molecule has 3 N–H and O–H groups in total. The van der Waals surface area contributed by atoms with Gasteiger partial charge in [0.15, 0.2) is 5.60 Å². The first-order valence-electron chi connectivity index (χ1n) is 11.8. The van der Waals surface area contributed by atoms with E-state index in [1.807, 2.05) is 32.9 Å². The van der Waals surface area contributed by atoms with Crippen molar-refractivity contribution in [1.82, 2.24) is 20.4 Å². The Hall–Kier alpha value is -4.02. The summed E-state index contributed by atoms with van der Waals surface area (Å²) in [5.74, 6) is 1.12. The maximum Gasteiger partial charge on any atom is 0.258 e. The smallest absolute Gasteiger partial charge is 0.258 e. The van der Waals surface area contributed by atoms with Crippen molar-refractivity contribution in [3.05, 3.63) is 86.8 Å². The molecular formula is C27H29ClN6O4. The SMILES string of the molecule is CN/C(=C\N=N)C(O)(c1ccc2nc(OC)c(OCc3c(C)noc3C)c(Cl)c2c1)c1ccc(C)nc1C. The van der Waals surface area contributed by atoms with E-state index >= 15 is 0 Å².